The Hall–Kier alpha value is -0.620. The molecular weight excluding hydrogens is 296 g/mol. The van der Waals surface area contributed by atoms with Crippen molar-refractivity contribution < 1.29 is 8.42 Å². The summed E-state index contributed by atoms with van der Waals surface area (Å²) >= 11 is 5.91. The van der Waals surface area contributed by atoms with Crippen LogP contribution in [-0.4, -0.2) is 26.8 Å². The summed E-state index contributed by atoms with van der Waals surface area (Å²) in [6, 6.07) is 7.60. The summed E-state index contributed by atoms with van der Waals surface area (Å²) in [5, 5.41) is 3.93. The molecule has 1 aliphatic carbocycles. The molecule has 2 N–H and O–H groups in total. The van der Waals surface area contributed by atoms with Crippen LogP contribution in [-0.2, 0) is 10.0 Å². The fourth-order valence-electron chi connectivity index (χ4n) is 2.03. The van der Waals surface area contributed by atoms with E-state index in [0.29, 0.717) is 17.5 Å². The van der Waals surface area contributed by atoms with Gasteiger partial charge in [-0.3, -0.25) is 0 Å². The summed E-state index contributed by atoms with van der Waals surface area (Å²) in [7, 11) is -3.25. The van der Waals surface area contributed by atoms with E-state index >= 15 is 0 Å². The first-order valence-electron chi connectivity index (χ1n) is 6.95. The minimum absolute atomic E-state index is 0.150. The van der Waals surface area contributed by atoms with Crippen LogP contribution in [0, 0.1) is 0 Å². The van der Waals surface area contributed by atoms with Crippen molar-refractivity contribution in [3.8, 4) is 0 Å². The normalized spacial score (nSPS) is 17.1. The van der Waals surface area contributed by atoms with Crippen LogP contribution in [0.2, 0.25) is 5.02 Å². The van der Waals surface area contributed by atoms with Gasteiger partial charge in [0.15, 0.2) is 0 Å². The van der Waals surface area contributed by atoms with Gasteiger partial charge in [0.25, 0.3) is 0 Å². The fraction of sp³-hybridized carbons (Fsp3) is 0.571. The van der Waals surface area contributed by atoms with Gasteiger partial charge in [-0.1, -0.05) is 23.7 Å². The second-order valence-electron chi connectivity index (χ2n) is 5.30. The highest BCUT2D eigenvalue weighted by Crippen LogP contribution is 2.19. The smallest absolute Gasteiger partial charge is 0.212 e. The first kappa shape index (κ1) is 15.8. The zero-order valence-electron chi connectivity index (χ0n) is 11.6. The van der Waals surface area contributed by atoms with Crippen LogP contribution in [0.5, 0.6) is 0 Å². The molecule has 6 heteroatoms. The summed E-state index contributed by atoms with van der Waals surface area (Å²) in [6.07, 6.45) is 3.07. The van der Waals surface area contributed by atoms with E-state index in [2.05, 4.69) is 10.0 Å². The Morgan fingerprint density at radius 3 is 2.80 bits per heavy atom. The highest BCUT2D eigenvalue weighted by Gasteiger charge is 2.20. The van der Waals surface area contributed by atoms with E-state index in [4.69, 9.17) is 11.6 Å². The van der Waals surface area contributed by atoms with Gasteiger partial charge < -0.3 is 5.32 Å². The molecule has 112 valence electrons. The summed E-state index contributed by atoms with van der Waals surface area (Å²) in [5.74, 6) is 0.150. The van der Waals surface area contributed by atoms with E-state index in [0.717, 1.165) is 12.1 Å². The zero-order chi connectivity index (χ0) is 14.6. The lowest BCUT2D eigenvalue weighted by molar-refractivity contribution is 0.561. The van der Waals surface area contributed by atoms with Crippen molar-refractivity contribution >= 4 is 21.6 Å². The molecular formula is C14H21ClN2O2S. The Morgan fingerprint density at radius 1 is 1.40 bits per heavy atom. The average Bonchev–Trinajstić information content (AvgIpc) is 3.18. The molecule has 0 aliphatic heterocycles. The molecule has 1 aromatic rings. The predicted molar refractivity (Wildman–Crippen MR) is 82.4 cm³/mol. The van der Waals surface area contributed by atoms with Gasteiger partial charge in [0.05, 0.1) is 5.75 Å². The minimum atomic E-state index is -3.25. The number of hydrogen-bond donors (Lipinski definition) is 2. The van der Waals surface area contributed by atoms with Crippen LogP contribution in [0.4, 0.5) is 0 Å². The highest BCUT2D eigenvalue weighted by atomic mass is 35.5. The maximum absolute atomic E-state index is 12.0. The van der Waals surface area contributed by atoms with Crippen molar-refractivity contribution in [1.29, 1.82) is 0 Å². The maximum atomic E-state index is 12.0. The van der Waals surface area contributed by atoms with Crippen molar-refractivity contribution in [2.45, 2.75) is 38.3 Å². The summed E-state index contributed by atoms with van der Waals surface area (Å²) in [5.41, 5.74) is 0.872. The lowest BCUT2D eigenvalue weighted by atomic mass is 10.1. The molecule has 1 aromatic carbocycles. The van der Waals surface area contributed by atoms with Crippen LogP contribution in [0.1, 0.15) is 37.8 Å². The topological polar surface area (TPSA) is 58.2 Å². The number of benzene rings is 1. The lowest BCUT2D eigenvalue weighted by Crippen LogP contribution is -2.30. The molecule has 2 rings (SSSR count). The minimum Gasteiger partial charge on any atom is -0.314 e. The Kier molecular flexibility index (Phi) is 5.43. The van der Waals surface area contributed by atoms with E-state index in [9.17, 15) is 8.42 Å². The molecule has 1 unspecified atom stereocenters. The third-order valence-corrected chi connectivity index (χ3v) is 5.08. The molecule has 1 aliphatic rings. The number of rotatable bonds is 8. The molecule has 0 heterocycles. The molecule has 1 atom stereocenters. The molecule has 20 heavy (non-hydrogen) atoms. The second kappa shape index (κ2) is 6.89. The van der Waals surface area contributed by atoms with Gasteiger partial charge in [0.2, 0.25) is 10.0 Å². The van der Waals surface area contributed by atoms with Gasteiger partial charge in [-0.25, -0.2) is 13.1 Å². The third-order valence-electron chi connectivity index (χ3n) is 3.31. The van der Waals surface area contributed by atoms with Gasteiger partial charge in [-0.15, -0.1) is 0 Å². The Labute approximate surface area is 126 Å². The van der Waals surface area contributed by atoms with Crippen molar-refractivity contribution in [2.75, 3.05) is 12.3 Å². The Balaban J connectivity index is 1.80. The van der Waals surface area contributed by atoms with Crippen LogP contribution in [0.25, 0.3) is 0 Å². The van der Waals surface area contributed by atoms with Crippen molar-refractivity contribution in [2.24, 2.45) is 0 Å². The number of hydrogen-bond acceptors (Lipinski definition) is 3. The monoisotopic (exact) mass is 316 g/mol. The van der Waals surface area contributed by atoms with Crippen molar-refractivity contribution in [3.63, 3.8) is 0 Å². The first-order chi connectivity index (χ1) is 9.46. The molecule has 0 aromatic heterocycles. The summed E-state index contributed by atoms with van der Waals surface area (Å²) in [6.45, 7) is 2.59. The van der Waals surface area contributed by atoms with Gasteiger partial charge in [0, 0.05) is 17.1 Å². The largest absolute Gasteiger partial charge is 0.314 e. The van der Waals surface area contributed by atoms with Crippen LogP contribution in [0.15, 0.2) is 24.3 Å². The second-order valence-corrected chi connectivity index (χ2v) is 7.61. The van der Waals surface area contributed by atoms with Crippen LogP contribution >= 0.6 is 11.6 Å². The summed E-state index contributed by atoms with van der Waals surface area (Å²) in [4.78, 5) is 0. The zero-order valence-corrected chi connectivity index (χ0v) is 13.2. The van der Waals surface area contributed by atoms with Gasteiger partial charge in [0.1, 0.15) is 0 Å². The molecule has 0 bridgehead atoms. The van der Waals surface area contributed by atoms with E-state index < -0.39 is 10.0 Å². The molecule has 1 saturated carbocycles. The maximum Gasteiger partial charge on any atom is 0.212 e. The first-order valence-corrected chi connectivity index (χ1v) is 8.98. The van der Waals surface area contributed by atoms with Gasteiger partial charge in [-0.05, 0) is 50.4 Å². The molecule has 0 radical (unpaired) electrons. The number of nitrogens with one attached hydrogen (secondary N) is 2. The van der Waals surface area contributed by atoms with E-state index in [-0.39, 0.29) is 11.8 Å². The van der Waals surface area contributed by atoms with E-state index in [1.165, 1.54) is 12.8 Å². The van der Waals surface area contributed by atoms with E-state index in [1.54, 1.807) is 12.1 Å². The standard InChI is InChI=1S/C14H21ClN2O2S/c1-11(12-4-2-5-13(15)10-12)17-20(18,19)9-3-8-16-14-6-7-14/h2,4-5,10-11,14,16-17H,3,6-9H2,1H3. The Morgan fingerprint density at radius 2 is 2.15 bits per heavy atom. The van der Waals surface area contributed by atoms with E-state index in [1.807, 2.05) is 19.1 Å². The number of halogens is 1. The predicted octanol–water partition coefficient (Wildman–Crippen LogP) is 2.46. The summed E-state index contributed by atoms with van der Waals surface area (Å²) < 4.78 is 26.7. The Bertz CT molecular complexity index is 544. The van der Waals surface area contributed by atoms with Crippen LogP contribution < -0.4 is 10.0 Å². The molecule has 0 spiro atoms. The lowest BCUT2D eigenvalue weighted by Gasteiger charge is -2.15. The molecule has 1 fully saturated rings. The average molecular weight is 317 g/mol. The fourth-order valence-corrected chi connectivity index (χ4v) is 3.54. The SMILES string of the molecule is CC(NS(=O)(=O)CCCNC1CC1)c1cccc(Cl)c1. The molecule has 4 nitrogen and oxygen atoms in total. The van der Waals surface area contributed by atoms with Crippen LogP contribution in [0.3, 0.4) is 0 Å². The number of sulfonamides is 1. The quantitative estimate of drug-likeness (QED) is 0.724. The highest BCUT2D eigenvalue weighted by molar-refractivity contribution is 7.89. The molecule has 0 saturated heterocycles. The molecule has 0 amide bonds. The van der Waals surface area contributed by atoms with Crippen molar-refractivity contribution in [1.82, 2.24) is 10.0 Å². The third kappa shape index (κ3) is 5.40. The van der Waals surface area contributed by atoms with Gasteiger partial charge >= 0.3 is 0 Å². The van der Waals surface area contributed by atoms with Crippen molar-refractivity contribution in [3.05, 3.63) is 34.9 Å². The van der Waals surface area contributed by atoms with Gasteiger partial charge in [-0.2, -0.15) is 0 Å².